The molecular weight excluding hydrogens is 232 g/mol. The average Bonchev–Trinajstić information content (AvgIpc) is 2.26. The van der Waals surface area contributed by atoms with Crippen molar-refractivity contribution in [2.75, 3.05) is 19.6 Å². The van der Waals surface area contributed by atoms with Crippen molar-refractivity contribution >= 4 is 0 Å². The highest BCUT2D eigenvalue weighted by Crippen LogP contribution is 2.25. The van der Waals surface area contributed by atoms with Gasteiger partial charge in [-0.1, -0.05) is 41.5 Å². The molecule has 0 saturated heterocycles. The molecule has 0 heterocycles. The molecule has 0 aliphatic rings. The van der Waals surface area contributed by atoms with E-state index in [2.05, 4.69) is 53.4 Å². The van der Waals surface area contributed by atoms with E-state index in [4.69, 9.17) is 5.73 Å². The predicted molar refractivity (Wildman–Crippen MR) is 87.4 cm³/mol. The number of hydrogen-bond acceptors (Lipinski definition) is 2. The normalized spacial score (nSPS) is 15.8. The molecular formula is C17H38N2. The number of nitrogens with two attached hydrogens (primary N) is 1. The van der Waals surface area contributed by atoms with Crippen LogP contribution in [0.15, 0.2) is 0 Å². The van der Waals surface area contributed by atoms with E-state index in [1.165, 1.54) is 32.4 Å². The molecule has 1 atom stereocenters. The van der Waals surface area contributed by atoms with Crippen molar-refractivity contribution in [2.45, 2.75) is 73.3 Å². The molecule has 0 spiro atoms. The Balaban J connectivity index is 4.73. The summed E-state index contributed by atoms with van der Waals surface area (Å²) < 4.78 is 0. The van der Waals surface area contributed by atoms with Crippen LogP contribution in [0.1, 0.15) is 67.7 Å². The van der Waals surface area contributed by atoms with E-state index in [1.807, 2.05) is 0 Å². The van der Waals surface area contributed by atoms with Gasteiger partial charge in [-0.25, -0.2) is 0 Å². The fourth-order valence-corrected chi connectivity index (χ4v) is 2.70. The van der Waals surface area contributed by atoms with Gasteiger partial charge in [0.05, 0.1) is 0 Å². The van der Waals surface area contributed by atoms with Gasteiger partial charge in [-0.2, -0.15) is 0 Å². The maximum atomic E-state index is 6.13. The Kier molecular flexibility index (Phi) is 8.93. The van der Waals surface area contributed by atoms with Crippen molar-refractivity contribution in [3.05, 3.63) is 0 Å². The van der Waals surface area contributed by atoms with Gasteiger partial charge >= 0.3 is 0 Å². The molecule has 0 saturated carbocycles. The van der Waals surface area contributed by atoms with Gasteiger partial charge in [0, 0.05) is 12.1 Å². The summed E-state index contributed by atoms with van der Waals surface area (Å²) >= 11 is 0. The molecule has 0 bridgehead atoms. The van der Waals surface area contributed by atoms with E-state index >= 15 is 0 Å². The molecule has 0 fully saturated rings. The second-order valence-electron chi connectivity index (χ2n) is 7.65. The Morgan fingerprint density at radius 2 is 1.26 bits per heavy atom. The van der Waals surface area contributed by atoms with Crippen molar-refractivity contribution in [1.82, 2.24) is 4.90 Å². The van der Waals surface area contributed by atoms with Crippen LogP contribution in [0, 0.1) is 17.8 Å². The Morgan fingerprint density at radius 3 is 1.53 bits per heavy atom. The summed E-state index contributed by atoms with van der Waals surface area (Å²) in [6, 6.07) is 0. The molecule has 19 heavy (non-hydrogen) atoms. The third-order valence-corrected chi connectivity index (χ3v) is 4.00. The minimum Gasteiger partial charge on any atom is -0.329 e. The Morgan fingerprint density at radius 1 is 0.842 bits per heavy atom. The zero-order chi connectivity index (χ0) is 15.1. The van der Waals surface area contributed by atoms with Gasteiger partial charge in [-0.05, 0) is 57.0 Å². The van der Waals surface area contributed by atoms with E-state index in [1.54, 1.807) is 0 Å². The highest BCUT2D eigenvalue weighted by Gasteiger charge is 2.30. The first-order valence-corrected chi connectivity index (χ1v) is 8.16. The minimum absolute atomic E-state index is 0.165. The average molecular weight is 271 g/mol. The number of hydrogen-bond donors (Lipinski definition) is 1. The van der Waals surface area contributed by atoms with Crippen LogP contribution in [0.4, 0.5) is 0 Å². The van der Waals surface area contributed by atoms with E-state index in [0.717, 1.165) is 18.4 Å². The molecule has 116 valence electrons. The van der Waals surface area contributed by atoms with Crippen LogP contribution in [0.3, 0.4) is 0 Å². The predicted octanol–water partition coefficient (Wildman–Crippen LogP) is 4.14. The van der Waals surface area contributed by atoms with Crippen molar-refractivity contribution < 1.29 is 0 Å². The fourth-order valence-electron chi connectivity index (χ4n) is 2.70. The molecule has 0 amide bonds. The summed E-state index contributed by atoms with van der Waals surface area (Å²) in [5, 5.41) is 0. The van der Waals surface area contributed by atoms with Gasteiger partial charge in [-0.3, -0.25) is 4.90 Å². The van der Waals surface area contributed by atoms with E-state index in [-0.39, 0.29) is 5.54 Å². The van der Waals surface area contributed by atoms with Gasteiger partial charge in [0.1, 0.15) is 0 Å². The van der Waals surface area contributed by atoms with Crippen LogP contribution in [0.5, 0.6) is 0 Å². The first kappa shape index (κ1) is 18.9. The van der Waals surface area contributed by atoms with E-state index in [9.17, 15) is 0 Å². The zero-order valence-electron chi connectivity index (χ0n) is 14.5. The minimum atomic E-state index is 0.165. The van der Waals surface area contributed by atoms with Crippen molar-refractivity contribution in [1.29, 1.82) is 0 Å². The highest BCUT2D eigenvalue weighted by atomic mass is 15.2. The molecule has 1 unspecified atom stereocenters. The lowest BCUT2D eigenvalue weighted by molar-refractivity contribution is 0.0785. The molecule has 0 radical (unpaired) electrons. The molecule has 2 nitrogen and oxygen atoms in total. The fraction of sp³-hybridized carbons (Fsp3) is 1.00. The first-order valence-electron chi connectivity index (χ1n) is 8.16. The molecule has 2 heteroatoms. The van der Waals surface area contributed by atoms with Crippen LogP contribution < -0.4 is 5.73 Å². The van der Waals surface area contributed by atoms with E-state index in [0.29, 0.717) is 5.92 Å². The summed E-state index contributed by atoms with van der Waals surface area (Å²) in [4.78, 5) is 2.66. The summed E-state index contributed by atoms with van der Waals surface area (Å²) in [5.41, 5.74) is 6.29. The zero-order valence-corrected chi connectivity index (χ0v) is 14.5. The molecule has 0 aromatic carbocycles. The third-order valence-electron chi connectivity index (χ3n) is 4.00. The van der Waals surface area contributed by atoms with Gasteiger partial charge in [0.15, 0.2) is 0 Å². The van der Waals surface area contributed by atoms with Crippen LogP contribution in [0.2, 0.25) is 0 Å². The van der Waals surface area contributed by atoms with Crippen LogP contribution in [-0.4, -0.2) is 30.1 Å². The van der Waals surface area contributed by atoms with Crippen LogP contribution in [0.25, 0.3) is 0 Å². The van der Waals surface area contributed by atoms with Crippen molar-refractivity contribution in [3.8, 4) is 0 Å². The van der Waals surface area contributed by atoms with Gasteiger partial charge in [0.2, 0.25) is 0 Å². The maximum Gasteiger partial charge on any atom is 0.0306 e. The second-order valence-corrected chi connectivity index (χ2v) is 7.65. The summed E-state index contributed by atoms with van der Waals surface area (Å²) in [6.07, 6.45) is 3.73. The topological polar surface area (TPSA) is 29.3 Å². The van der Waals surface area contributed by atoms with E-state index < -0.39 is 0 Å². The van der Waals surface area contributed by atoms with Crippen LogP contribution in [-0.2, 0) is 0 Å². The molecule has 0 rings (SSSR count). The van der Waals surface area contributed by atoms with Gasteiger partial charge < -0.3 is 5.73 Å². The van der Waals surface area contributed by atoms with Gasteiger partial charge in [0.25, 0.3) is 0 Å². The Hall–Kier alpha value is -0.0800. The lowest BCUT2D eigenvalue weighted by Crippen LogP contribution is -2.53. The standard InChI is InChI=1S/C17H38N2/c1-14(2)8-10-19(11-9-15(3)4)17(7,13-18)12-16(5)6/h14-16H,8-13,18H2,1-7H3. The highest BCUT2D eigenvalue weighted by molar-refractivity contribution is 4.88. The van der Waals surface area contributed by atoms with Gasteiger partial charge in [-0.15, -0.1) is 0 Å². The van der Waals surface area contributed by atoms with Crippen molar-refractivity contribution in [3.63, 3.8) is 0 Å². The van der Waals surface area contributed by atoms with Crippen molar-refractivity contribution in [2.24, 2.45) is 23.5 Å². The van der Waals surface area contributed by atoms with Crippen LogP contribution >= 0.6 is 0 Å². The first-order chi connectivity index (χ1) is 8.71. The molecule has 2 N–H and O–H groups in total. The SMILES string of the molecule is CC(C)CCN(CCC(C)C)C(C)(CN)CC(C)C. The quantitative estimate of drug-likeness (QED) is 0.646. The summed E-state index contributed by atoms with van der Waals surface area (Å²) in [6.45, 7) is 19.3. The Labute approximate surface area is 122 Å². The lowest BCUT2D eigenvalue weighted by atomic mass is 9.88. The molecule has 0 aromatic heterocycles. The smallest absolute Gasteiger partial charge is 0.0306 e. The second kappa shape index (κ2) is 8.97. The lowest BCUT2D eigenvalue weighted by Gasteiger charge is -2.43. The maximum absolute atomic E-state index is 6.13. The molecule has 0 aromatic rings. The Bertz CT molecular complexity index is 211. The summed E-state index contributed by atoms with van der Waals surface area (Å²) in [7, 11) is 0. The number of rotatable bonds is 10. The molecule has 0 aliphatic heterocycles. The monoisotopic (exact) mass is 270 g/mol. The summed E-state index contributed by atoms with van der Waals surface area (Å²) in [5.74, 6) is 2.24. The molecule has 0 aliphatic carbocycles. The third kappa shape index (κ3) is 7.94. The largest absolute Gasteiger partial charge is 0.329 e. The number of nitrogens with zero attached hydrogens (tertiary/aromatic N) is 1.